The van der Waals surface area contributed by atoms with E-state index >= 15 is 0 Å². The van der Waals surface area contributed by atoms with Crippen LogP contribution in [0, 0.1) is 11.3 Å². The van der Waals surface area contributed by atoms with E-state index in [9.17, 15) is 4.79 Å². The van der Waals surface area contributed by atoms with Crippen molar-refractivity contribution in [3.8, 4) is 6.07 Å². The SMILES string of the molecule is N#Cc1cccc(C(=O)NC(c2ccccc2)c2ccccn2)c1. The molecule has 1 heterocycles. The molecule has 1 atom stereocenters. The fraction of sp³-hybridized carbons (Fsp3) is 0.0500. The summed E-state index contributed by atoms with van der Waals surface area (Å²) in [6.07, 6.45) is 1.70. The van der Waals surface area contributed by atoms with Crippen LogP contribution >= 0.6 is 0 Å². The Balaban J connectivity index is 1.92. The van der Waals surface area contributed by atoms with Crippen LogP contribution in [-0.4, -0.2) is 10.9 Å². The minimum absolute atomic E-state index is 0.244. The molecule has 0 saturated heterocycles. The summed E-state index contributed by atoms with van der Waals surface area (Å²) in [5.41, 5.74) is 2.61. The monoisotopic (exact) mass is 313 g/mol. The highest BCUT2D eigenvalue weighted by atomic mass is 16.1. The predicted molar refractivity (Wildman–Crippen MR) is 91.1 cm³/mol. The minimum Gasteiger partial charge on any atom is -0.340 e. The van der Waals surface area contributed by atoms with Crippen LogP contribution in [-0.2, 0) is 0 Å². The molecule has 1 aromatic heterocycles. The molecule has 0 bridgehead atoms. The summed E-state index contributed by atoms with van der Waals surface area (Å²) in [6.45, 7) is 0. The molecule has 2 aromatic carbocycles. The van der Waals surface area contributed by atoms with E-state index in [0.29, 0.717) is 11.1 Å². The molecule has 1 N–H and O–H groups in total. The van der Waals surface area contributed by atoms with Gasteiger partial charge in [-0.1, -0.05) is 42.5 Å². The van der Waals surface area contributed by atoms with Crippen molar-refractivity contribution in [3.63, 3.8) is 0 Å². The molecule has 0 aliphatic rings. The van der Waals surface area contributed by atoms with Crippen LogP contribution in [0.15, 0.2) is 79.0 Å². The number of amides is 1. The van der Waals surface area contributed by atoms with E-state index in [4.69, 9.17) is 5.26 Å². The second kappa shape index (κ2) is 7.21. The number of nitrogens with zero attached hydrogens (tertiary/aromatic N) is 2. The fourth-order valence-corrected chi connectivity index (χ4v) is 2.46. The van der Waals surface area contributed by atoms with Gasteiger partial charge in [-0.3, -0.25) is 9.78 Å². The topological polar surface area (TPSA) is 65.8 Å². The van der Waals surface area contributed by atoms with Crippen LogP contribution in [0.25, 0.3) is 0 Å². The zero-order valence-corrected chi connectivity index (χ0v) is 12.9. The number of hydrogen-bond acceptors (Lipinski definition) is 3. The third-order valence-electron chi connectivity index (χ3n) is 3.65. The van der Waals surface area contributed by atoms with Crippen molar-refractivity contribution in [3.05, 3.63) is 101 Å². The molecule has 1 amide bonds. The lowest BCUT2D eigenvalue weighted by molar-refractivity contribution is 0.0942. The Labute approximate surface area is 140 Å². The van der Waals surface area contributed by atoms with Gasteiger partial charge in [0.15, 0.2) is 0 Å². The van der Waals surface area contributed by atoms with Gasteiger partial charge in [-0.2, -0.15) is 5.26 Å². The van der Waals surface area contributed by atoms with E-state index in [-0.39, 0.29) is 11.9 Å². The van der Waals surface area contributed by atoms with Crippen molar-refractivity contribution >= 4 is 5.91 Å². The van der Waals surface area contributed by atoms with Crippen molar-refractivity contribution in [2.45, 2.75) is 6.04 Å². The van der Waals surface area contributed by atoms with Crippen LogP contribution < -0.4 is 5.32 Å². The van der Waals surface area contributed by atoms with Crippen molar-refractivity contribution in [2.75, 3.05) is 0 Å². The summed E-state index contributed by atoms with van der Waals surface area (Å²) in [7, 11) is 0. The largest absolute Gasteiger partial charge is 0.340 e. The first kappa shape index (κ1) is 15.4. The lowest BCUT2D eigenvalue weighted by atomic mass is 10.0. The Kier molecular flexibility index (Phi) is 4.64. The molecular weight excluding hydrogens is 298 g/mol. The number of nitriles is 1. The average Bonchev–Trinajstić information content (AvgIpc) is 2.67. The molecule has 116 valence electrons. The number of rotatable bonds is 4. The predicted octanol–water partition coefficient (Wildman–Crippen LogP) is 3.47. The van der Waals surface area contributed by atoms with Crippen LogP contribution in [0.4, 0.5) is 0 Å². The first-order chi connectivity index (χ1) is 11.8. The molecule has 0 aliphatic heterocycles. The lowest BCUT2D eigenvalue weighted by Crippen LogP contribution is -2.29. The Morgan fingerprint density at radius 1 is 1.00 bits per heavy atom. The molecule has 0 saturated carbocycles. The summed E-state index contributed by atoms with van der Waals surface area (Å²) in [6, 6.07) is 23.6. The van der Waals surface area contributed by atoms with Crippen LogP contribution in [0.2, 0.25) is 0 Å². The van der Waals surface area contributed by atoms with Crippen molar-refractivity contribution in [1.82, 2.24) is 10.3 Å². The molecule has 0 spiro atoms. The number of aromatic nitrogens is 1. The minimum atomic E-state index is -0.356. The number of pyridine rings is 1. The van der Waals surface area contributed by atoms with Gasteiger partial charge in [-0.15, -0.1) is 0 Å². The second-order valence-corrected chi connectivity index (χ2v) is 5.26. The van der Waals surface area contributed by atoms with Gasteiger partial charge < -0.3 is 5.32 Å². The quantitative estimate of drug-likeness (QED) is 0.802. The number of hydrogen-bond donors (Lipinski definition) is 1. The lowest BCUT2D eigenvalue weighted by Gasteiger charge is -2.19. The van der Waals surface area contributed by atoms with E-state index in [1.807, 2.05) is 54.6 Å². The van der Waals surface area contributed by atoms with Gasteiger partial charge in [0.25, 0.3) is 5.91 Å². The van der Waals surface area contributed by atoms with E-state index in [2.05, 4.69) is 10.3 Å². The number of nitrogens with one attached hydrogen (secondary N) is 1. The van der Waals surface area contributed by atoms with Crippen LogP contribution in [0.1, 0.15) is 33.2 Å². The summed E-state index contributed by atoms with van der Waals surface area (Å²) < 4.78 is 0. The van der Waals surface area contributed by atoms with Crippen LogP contribution in [0.3, 0.4) is 0 Å². The summed E-state index contributed by atoms with van der Waals surface area (Å²) >= 11 is 0. The highest BCUT2D eigenvalue weighted by Gasteiger charge is 2.18. The molecule has 24 heavy (non-hydrogen) atoms. The highest BCUT2D eigenvalue weighted by molar-refractivity contribution is 5.95. The van der Waals surface area contributed by atoms with Gasteiger partial charge >= 0.3 is 0 Å². The Morgan fingerprint density at radius 3 is 2.50 bits per heavy atom. The summed E-state index contributed by atoms with van der Waals surface area (Å²) in [5, 5.41) is 12.0. The van der Waals surface area contributed by atoms with E-state index in [0.717, 1.165) is 11.3 Å². The molecule has 0 fully saturated rings. The van der Waals surface area contributed by atoms with E-state index in [1.165, 1.54) is 0 Å². The van der Waals surface area contributed by atoms with Gasteiger partial charge in [-0.05, 0) is 35.9 Å². The van der Waals surface area contributed by atoms with Gasteiger partial charge in [0.2, 0.25) is 0 Å². The van der Waals surface area contributed by atoms with Crippen molar-refractivity contribution < 1.29 is 4.79 Å². The smallest absolute Gasteiger partial charge is 0.252 e. The summed E-state index contributed by atoms with van der Waals surface area (Å²) in [4.78, 5) is 17.0. The highest BCUT2D eigenvalue weighted by Crippen LogP contribution is 2.20. The normalized spacial score (nSPS) is 11.3. The van der Waals surface area contributed by atoms with Gasteiger partial charge in [0, 0.05) is 11.8 Å². The molecule has 0 radical (unpaired) electrons. The first-order valence-electron chi connectivity index (χ1n) is 7.55. The van der Waals surface area contributed by atoms with Crippen molar-refractivity contribution in [2.24, 2.45) is 0 Å². The Bertz CT molecular complexity index is 831. The maximum Gasteiger partial charge on any atom is 0.252 e. The van der Waals surface area contributed by atoms with Gasteiger partial charge in [-0.25, -0.2) is 0 Å². The number of carbonyl (C=O) groups is 1. The standard InChI is InChI=1S/C20H15N3O/c21-14-15-7-6-10-17(13-15)20(24)23-19(16-8-2-1-3-9-16)18-11-4-5-12-22-18/h1-13,19H,(H,23,24). The van der Waals surface area contributed by atoms with Crippen LogP contribution in [0.5, 0.6) is 0 Å². The van der Waals surface area contributed by atoms with E-state index < -0.39 is 0 Å². The third kappa shape index (κ3) is 3.47. The van der Waals surface area contributed by atoms with Gasteiger partial charge in [0.1, 0.15) is 0 Å². The third-order valence-corrected chi connectivity index (χ3v) is 3.65. The summed E-state index contributed by atoms with van der Waals surface area (Å²) in [5.74, 6) is -0.244. The molecule has 4 nitrogen and oxygen atoms in total. The van der Waals surface area contributed by atoms with Gasteiger partial charge in [0.05, 0.1) is 23.4 Å². The average molecular weight is 313 g/mol. The zero-order chi connectivity index (χ0) is 16.8. The molecule has 3 rings (SSSR count). The molecule has 1 unspecified atom stereocenters. The molecule has 4 heteroatoms. The molecular formula is C20H15N3O. The Hall–Kier alpha value is -3.45. The molecule has 3 aromatic rings. The number of carbonyl (C=O) groups excluding carboxylic acids is 1. The maximum absolute atomic E-state index is 12.6. The Morgan fingerprint density at radius 2 is 1.79 bits per heavy atom. The number of benzene rings is 2. The first-order valence-corrected chi connectivity index (χ1v) is 7.55. The maximum atomic E-state index is 12.6. The second-order valence-electron chi connectivity index (χ2n) is 5.26. The van der Waals surface area contributed by atoms with E-state index in [1.54, 1.807) is 30.5 Å². The van der Waals surface area contributed by atoms with Crippen molar-refractivity contribution in [1.29, 1.82) is 5.26 Å². The molecule has 0 aliphatic carbocycles. The zero-order valence-electron chi connectivity index (χ0n) is 12.9. The fourth-order valence-electron chi connectivity index (χ4n) is 2.46.